The molecule has 0 saturated carbocycles. The van der Waals surface area contributed by atoms with Crippen molar-refractivity contribution in [1.29, 1.82) is 0 Å². The highest BCUT2D eigenvalue weighted by Gasteiger charge is 2.22. The van der Waals surface area contributed by atoms with Crippen molar-refractivity contribution in [1.82, 2.24) is 14.9 Å². The van der Waals surface area contributed by atoms with Crippen LogP contribution in [0.2, 0.25) is 0 Å². The van der Waals surface area contributed by atoms with Crippen LogP contribution in [0.4, 0.5) is 4.39 Å². The van der Waals surface area contributed by atoms with Gasteiger partial charge in [0, 0.05) is 23.9 Å². The second-order valence-corrected chi connectivity index (χ2v) is 8.76. The van der Waals surface area contributed by atoms with Gasteiger partial charge in [0.25, 0.3) is 0 Å². The molecule has 2 heterocycles. The molecular formula is C19H20FN3OS2. The lowest BCUT2D eigenvalue weighted by atomic mass is 10.2. The normalized spacial score (nSPS) is 12.3. The largest absolute Gasteiger partial charge is 0.340 e. The predicted octanol–water partition coefficient (Wildman–Crippen LogP) is 4.59. The van der Waals surface area contributed by atoms with Crippen molar-refractivity contribution in [2.24, 2.45) is 0 Å². The van der Waals surface area contributed by atoms with Crippen molar-refractivity contribution in [2.75, 3.05) is 7.05 Å². The topological polar surface area (TPSA) is 46.1 Å². The number of rotatable bonds is 5. The molecule has 0 aliphatic rings. The van der Waals surface area contributed by atoms with E-state index >= 15 is 0 Å². The number of halogens is 1. The number of aryl methyl sites for hydroxylation is 2. The Balaban J connectivity index is 1.75. The van der Waals surface area contributed by atoms with E-state index in [-0.39, 0.29) is 17.0 Å². The molecule has 0 bridgehead atoms. The van der Waals surface area contributed by atoms with E-state index in [1.54, 1.807) is 35.7 Å². The molecule has 0 saturated heterocycles. The van der Waals surface area contributed by atoms with Gasteiger partial charge >= 0.3 is 0 Å². The van der Waals surface area contributed by atoms with Crippen LogP contribution in [0.15, 0.2) is 35.6 Å². The average molecular weight is 390 g/mol. The van der Waals surface area contributed by atoms with E-state index in [9.17, 15) is 9.18 Å². The fourth-order valence-electron chi connectivity index (χ4n) is 2.75. The van der Waals surface area contributed by atoms with Gasteiger partial charge in [0.2, 0.25) is 5.91 Å². The minimum absolute atomic E-state index is 0.0179. The molecule has 136 valence electrons. The summed E-state index contributed by atoms with van der Waals surface area (Å²) in [6.07, 6.45) is 1.55. The van der Waals surface area contributed by atoms with E-state index in [1.807, 2.05) is 13.0 Å². The molecule has 0 N–H and O–H groups in total. The average Bonchev–Trinajstić information content (AvgIpc) is 2.89. The van der Waals surface area contributed by atoms with Crippen molar-refractivity contribution < 1.29 is 9.18 Å². The Morgan fingerprint density at radius 1 is 1.35 bits per heavy atom. The molecule has 26 heavy (non-hydrogen) atoms. The Morgan fingerprint density at radius 2 is 2.12 bits per heavy atom. The van der Waals surface area contributed by atoms with Gasteiger partial charge in [-0.1, -0.05) is 23.9 Å². The van der Waals surface area contributed by atoms with E-state index in [1.165, 1.54) is 34.3 Å². The highest BCUT2D eigenvalue weighted by Crippen LogP contribution is 2.36. The van der Waals surface area contributed by atoms with Crippen LogP contribution in [0.5, 0.6) is 0 Å². The van der Waals surface area contributed by atoms with Gasteiger partial charge < -0.3 is 4.90 Å². The number of hydrogen-bond donors (Lipinski definition) is 0. The summed E-state index contributed by atoms with van der Waals surface area (Å²) in [5, 5.41) is 1.57. The van der Waals surface area contributed by atoms with Crippen LogP contribution >= 0.6 is 23.1 Å². The third-order valence-electron chi connectivity index (χ3n) is 4.25. The summed E-state index contributed by atoms with van der Waals surface area (Å²) in [7, 11) is 1.74. The quantitative estimate of drug-likeness (QED) is 0.473. The van der Waals surface area contributed by atoms with Crippen LogP contribution in [0.1, 0.15) is 22.9 Å². The molecule has 0 unspecified atom stereocenters. The number of aromatic nitrogens is 2. The Morgan fingerprint density at radius 3 is 2.85 bits per heavy atom. The molecule has 0 aliphatic heterocycles. The van der Waals surface area contributed by atoms with E-state index in [2.05, 4.69) is 23.8 Å². The fraction of sp³-hybridized carbons (Fsp3) is 0.316. The first kappa shape index (κ1) is 18.8. The number of hydrogen-bond acceptors (Lipinski definition) is 5. The van der Waals surface area contributed by atoms with Crippen LogP contribution in [0, 0.1) is 19.7 Å². The van der Waals surface area contributed by atoms with Crippen LogP contribution < -0.4 is 0 Å². The molecule has 4 nitrogen and oxygen atoms in total. The molecule has 3 rings (SSSR count). The molecule has 0 aliphatic carbocycles. The van der Waals surface area contributed by atoms with Crippen molar-refractivity contribution >= 4 is 39.2 Å². The Hall–Kier alpha value is -1.99. The summed E-state index contributed by atoms with van der Waals surface area (Å²) >= 11 is 3.08. The van der Waals surface area contributed by atoms with Crippen LogP contribution in [-0.4, -0.2) is 33.1 Å². The minimum atomic E-state index is -0.300. The van der Waals surface area contributed by atoms with Crippen molar-refractivity contribution in [3.05, 3.63) is 52.4 Å². The summed E-state index contributed by atoms with van der Waals surface area (Å²) in [6, 6.07) is 6.32. The smallest absolute Gasteiger partial charge is 0.235 e. The van der Waals surface area contributed by atoms with Crippen molar-refractivity contribution in [3.63, 3.8) is 0 Å². The lowest BCUT2D eigenvalue weighted by Gasteiger charge is -2.21. The van der Waals surface area contributed by atoms with Crippen molar-refractivity contribution in [3.8, 4) is 0 Å². The number of thiophene rings is 1. The molecule has 1 aromatic carbocycles. The summed E-state index contributed by atoms with van der Waals surface area (Å²) in [4.78, 5) is 25.3. The van der Waals surface area contributed by atoms with E-state index in [4.69, 9.17) is 0 Å². The molecule has 7 heteroatoms. The van der Waals surface area contributed by atoms with Gasteiger partial charge in [-0.05, 0) is 44.0 Å². The second-order valence-electron chi connectivity index (χ2n) is 6.23. The number of thioether (sulfide) groups is 1. The Kier molecular flexibility index (Phi) is 5.58. The van der Waals surface area contributed by atoms with Gasteiger partial charge in [-0.25, -0.2) is 14.4 Å². The number of nitrogens with zero attached hydrogens (tertiary/aromatic N) is 3. The number of carbonyl (C=O) groups excluding carboxylic acids is 1. The molecule has 0 spiro atoms. The molecule has 2 aromatic heterocycles. The minimum Gasteiger partial charge on any atom is -0.340 e. The second kappa shape index (κ2) is 7.72. The zero-order valence-corrected chi connectivity index (χ0v) is 16.7. The van der Waals surface area contributed by atoms with Crippen LogP contribution in [-0.2, 0) is 11.3 Å². The van der Waals surface area contributed by atoms with E-state index in [0.717, 1.165) is 20.8 Å². The lowest BCUT2D eigenvalue weighted by Crippen LogP contribution is -2.32. The first-order valence-corrected chi connectivity index (χ1v) is 9.93. The number of benzene rings is 1. The van der Waals surface area contributed by atoms with Gasteiger partial charge in [0.1, 0.15) is 22.0 Å². The maximum absolute atomic E-state index is 13.3. The highest BCUT2D eigenvalue weighted by atomic mass is 32.2. The lowest BCUT2D eigenvalue weighted by molar-refractivity contribution is -0.129. The number of amides is 1. The highest BCUT2D eigenvalue weighted by molar-refractivity contribution is 8.00. The number of carbonyl (C=O) groups is 1. The first-order chi connectivity index (χ1) is 12.4. The standard InChI is InChI=1S/C19H20FN3OS2/c1-11-12(2)25-17-16(11)18(22-10-21-17)26-13(3)19(24)23(4)9-14-6-5-7-15(20)8-14/h5-8,10,13H,9H2,1-4H3/t13-/m0/s1. The Labute approximate surface area is 160 Å². The summed E-state index contributed by atoms with van der Waals surface area (Å²) in [6.45, 7) is 6.37. The zero-order valence-electron chi connectivity index (χ0n) is 15.1. The Bertz CT molecular complexity index is 957. The molecule has 1 amide bonds. The SMILES string of the molecule is Cc1sc2ncnc(S[C@@H](C)C(=O)N(C)Cc3cccc(F)c3)c2c1C. The molecular weight excluding hydrogens is 369 g/mol. The third kappa shape index (κ3) is 3.88. The van der Waals surface area contributed by atoms with Gasteiger partial charge in [-0.15, -0.1) is 11.3 Å². The number of fused-ring (bicyclic) bond motifs is 1. The summed E-state index contributed by atoms with van der Waals surface area (Å²) in [5.74, 6) is -0.312. The first-order valence-electron chi connectivity index (χ1n) is 8.23. The van der Waals surface area contributed by atoms with E-state index in [0.29, 0.717) is 6.54 Å². The molecule has 0 fully saturated rings. The van der Waals surface area contributed by atoms with Gasteiger partial charge in [-0.3, -0.25) is 4.79 Å². The molecule has 0 radical (unpaired) electrons. The van der Waals surface area contributed by atoms with Crippen molar-refractivity contribution in [2.45, 2.75) is 37.6 Å². The monoisotopic (exact) mass is 389 g/mol. The maximum Gasteiger partial charge on any atom is 0.235 e. The van der Waals surface area contributed by atoms with Gasteiger partial charge in [-0.2, -0.15) is 0 Å². The van der Waals surface area contributed by atoms with Gasteiger partial charge in [0.05, 0.1) is 5.25 Å². The van der Waals surface area contributed by atoms with Gasteiger partial charge in [0.15, 0.2) is 0 Å². The third-order valence-corrected chi connectivity index (χ3v) is 6.45. The fourth-order valence-corrected chi connectivity index (χ4v) is 4.91. The maximum atomic E-state index is 13.3. The summed E-state index contributed by atoms with van der Waals surface area (Å²) in [5.41, 5.74) is 1.94. The van der Waals surface area contributed by atoms with Crippen LogP contribution in [0.3, 0.4) is 0 Å². The predicted molar refractivity (Wildman–Crippen MR) is 105 cm³/mol. The molecule has 3 aromatic rings. The van der Waals surface area contributed by atoms with E-state index < -0.39 is 0 Å². The van der Waals surface area contributed by atoms with Crippen LogP contribution in [0.25, 0.3) is 10.2 Å². The molecule has 1 atom stereocenters. The summed E-state index contributed by atoms with van der Waals surface area (Å²) < 4.78 is 13.3. The zero-order chi connectivity index (χ0) is 18.8.